The normalized spacial score (nSPS) is 21.9. The van der Waals surface area contributed by atoms with Crippen LogP contribution in [0, 0.1) is 0 Å². The fourth-order valence-corrected chi connectivity index (χ4v) is 3.30. The molecule has 0 spiro atoms. The zero-order valence-corrected chi connectivity index (χ0v) is 13.5. The Morgan fingerprint density at radius 1 is 1.27 bits per heavy atom. The molecule has 1 aliphatic heterocycles. The minimum absolute atomic E-state index is 0.0586. The molecule has 116 valence electrons. The first-order chi connectivity index (χ1) is 10.6. The molecule has 2 atom stereocenters. The van der Waals surface area contributed by atoms with E-state index in [4.69, 9.17) is 16.1 Å². The molecular weight excluding hydrogens is 300 g/mol. The number of hydrogen-bond donors (Lipinski definition) is 0. The van der Waals surface area contributed by atoms with Crippen molar-refractivity contribution in [3.8, 4) is 11.3 Å². The van der Waals surface area contributed by atoms with Crippen LogP contribution in [0.4, 0.5) is 0 Å². The van der Waals surface area contributed by atoms with Crippen LogP contribution >= 0.6 is 11.6 Å². The topological polar surface area (TPSA) is 46.3 Å². The van der Waals surface area contributed by atoms with Crippen LogP contribution in [-0.4, -0.2) is 28.0 Å². The number of halogens is 1. The molecule has 3 rings (SSSR count). The summed E-state index contributed by atoms with van der Waals surface area (Å²) in [5, 5.41) is 4.58. The van der Waals surface area contributed by atoms with E-state index in [-0.39, 0.29) is 18.0 Å². The Morgan fingerprint density at radius 3 is 2.68 bits per heavy atom. The monoisotopic (exact) mass is 318 g/mol. The number of amides is 1. The third kappa shape index (κ3) is 2.88. The molecule has 1 amide bonds. The zero-order chi connectivity index (χ0) is 15.7. The Balaban J connectivity index is 1.85. The van der Waals surface area contributed by atoms with Crippen molar-refractivity contribution in [2.75, 3.05) is 0 Å². The Bertz CT molecular complexity index is 673. The van der Waals surface area contributed by atoms with Gasteiger partial charge in [0.15, 0.2) is 11.5 Å². The molecule has 1 fully saturated rings. The Kier molecular flexibility index (Phi) is 4.21. The second kappa shape index (κ2) is 6.13. The van der Waals surface area contributed by atoms with Gasteiger partial charge in [0.2, 0.25) is 0 Å². The van der Waals surface area contributed by atoms with E-state index in [1.165, 1.54) is 6.42 Å². The Hall–Kier alpha value is -1.81. The number of aromatic nitrogens is 1. The predicted octanol–water partition coefficient (Wildman–Crippen LogP) is 4.40. The molecule has 0 saturated carbocycles. The van der Waals surface area contributed by atoms with Gasteiger partial charge in [0.1, 0.15) is 0 Å². The standard InChI is InChI=1S/C17H19ClN2O2/c1-11-5-3-6-12(2)20(11)17(21)15-10-16(22-19-15)13-7-4-8-14(18)9-13/h4,7-12H,3,5-6H2,1-2H3/t11-,12-/m0/s1. The summed E-state index contributed by atoms with van der Waals surface area (Å²) in [6.45, 7) is 4.18. The largest absolute Gasteiger partial charge is 0.355 e. The first kappa shape index (κ1) is 15.1. The average Bonchev–Trinajstić information content (AvgIpc) is 2.97. The number of piperidine rings is 1. The summed E-state index contributed by atoms with van der Waals surface area (Å²) in [6, 6.07) is 9.49. The number of carbonyl (C=O) groups is 1. The van der Waals surface area contributed by atoms with Gasteiger partial charge in [0.05, 0.1) is 0 Å². The second-order valence-electron chi connectivity index (χ2n) is 5.93. The number of nitrogens with zero attached hydrogens (tertiary/aromatic N) is 2. The first-order valence-corrected chi connectivity index (χ1v) is 7.99. The third-order valence-corrected chi connectivity index (χ3v) is 4.50. The van der Waals surface area contributed by atoms with E-state index in [9.17, 15) is 4.79 Å². The lowest BCUT2D eigenvalue weighted by Crippen LogP contribution is -2.47. The minimum atomic E-state index is -0.0586. The van der Waals surface area contributed by atoms with Crippen molar-refractivity contribution < 1.29 is 9.32 Å². The van der Waals surface area contributed by atoms with E-state index in [1.54, 1.807) is 18.2 Å². The maximum absolute atomic E-state index is 12.7. The molecular formula is C17H19ClN2O2. The second-order valence-corrected chi connectivity index (χ2v) is 6.36. The van der Waals surface area contributed by atoms with Gasteiger partial charge in [0.25, 0.3) is 5.91 Å². The number of carbonyl (C=O) groups excluding carboxylic acids is 1. The smallest absolute Gasteiger partial charge is 0.276 e. The number of hydrogen-bond acceptors (Lipinski definition) is 3. The molecule has 4 nitrogen and oxygen atoms in total. The van der Waals surface area contributed by atoms with Gasteiger partial charge in [-0.1, -0.05) is 28.9 Å². The van der Waals surface area contributed by atoms with Crippen LogP contribution in [0.25, 0.3) is 11.3 Å². The molecule has 0 radical (unpaired) electrons. The van der Waals surface area contributed by atoms with Gasteiger partial charge in [0, 0.05) is 28.7 Å². The van der Waals surface area contributed by atoms with Crippen LogP contribution in [0.3, 0.4) is 0 Å². The van der Waals surface area contributed by atoms with Crippen LogP contribution in [-0.2, 0) is 0 Å². The molecule has 0 unspecified atom stereocenters. The molecule has 1 aromatic carbocycles. The van der Waals surface area contributed by atoms with Crippen LogP contribution in [0.5, 0.6) is 0 Å². The first-order valence-electron chi connectivity index (χ1n) is 7.61. The minimum Gasteiger partial charge on any atom is -0.355 e. The van der Waals surface area contributed by atoms with Gasteiger partial charge < -0.3 is 9.42 Å². The highest BCUT2D eigenvalue weighted by Crippen LogP contribution is 2.27. The van der Waals surface area contributed by atoms with Crippen molar-refractivity contribution in [1.29, 1.82) is 0 Å². The maximum Gasteiger partial charge on any atom is 0.276 e. The highest BCUT2D eigenvalue weighted by molar-refractivity contribution is 6.30. The highest BCUT2D eigenvalue weighted by Gasteiger charge is 2.31. The van der Waals surface area contributed by atoms with E-state index in [0.29, 0.717) is 16.5 Å². The van der Waals surface area contributed by atoms with E-state index < -0.39 is 0 Å². The SMILES string of the molecule is C[C@H]1CCC[C@H](C)N1C(=O)c1cc(-c2cccc(Cl)c2)on1. The summed E-state index contributed by atoms with van der Waals surface area (Å²) in [5.41, 5.74) is 1.18. The van der Waals surface area contributed by atoms with Gasteiger partial charge in [-0.15, -0.1) is 0 Å². The predicted molar refractivity (Wildman–Crippen MR) is 85.9 cm³/mol. The van der Waals surface area contributed by atoms with Crippen LogP contribution in [0.1, 0.15) is 43.6 Å². The third-order valence-electron chi connectivity index (χ3n) is 4.27. The van der Waals surface area contributed by atoms with E-state index in [0.717, 1.165) is 18.4 Å². The molecule has 0 bridgehead atoms. The summed E-state index contributed by atoms with van der Waals surface area (Å²) in [5.74, 6) is 0.500. The summed E-state index contributed by atoms with van der Waals surface area (Å²) < 4.78 is 5.33. The quantitative estimate of drug-likeness (QED) is 0.824. The van der Waals surface area contributed by atoms with E-state index >= 15 is 0 Å². The molecule has 5 heteroatoms. The number of benzene rings is 1. The molecule has 1 saturated heterocycles. The maximum atomic E-state index is 12.7. The fourth-order valence-electron chi connectivity index (χ4n) is 3.11. The molecule has 0 aliphatic carbocycles. The van der Waals surface area contributed by atoms with Crippen LogP contribution in [0.15, 0.2) is 34.9 Å². The molecule has 1 aliphatic rings. The summed E-state index contributed by atoms with van der Waals surface area (Å²) in [4.78, 5) is 14.6. The van der Waals surface area contributed by atoms with Gasteiger partial charge in [-0.05, 0) is 45.2 Å². The molecule has 1 aromatic heterocycles. The van der Waals surface area contributed by atoms with E-state index in [2.05, 4.69) is 19.0 Å². The van der Waals surface area contributed by atoms with Crippen molar-refractivity contribution in [3.63, 3.8) is 0 Å². The lowest BCUT2D eigenvalue weighted by molar-refractivity contribution is 0.0500. The summed E-state index contributed by atoms with van der Waals surface area (Å²) in [6.07, 6.45) is 3.24. The molecule has 2 aromatic rings. The van der Waals surface area contributed by atoms with Crippen LogP contribution < -0.4 is 0 Å². The van der Waals surface area contributed by atoms with Crippen molar-refractivity contribution in [2.45, 2.75) is 45.2 Å². The van der Waals surface area contributed by atoms with Gasteiger partial charge in [-0.3, -0.25) is 4.79 Å². The molecule has 22 heavy (non-hydrogen) atoms. The lowest BCUT2D eigenvalue weighted by atomic mass is 9.97. The fraction of sp³-hybridized carbons (Fsp3) is 0.412. The van der Waals surface area contributed by atoms with Crippen molar-refractivity contribution >= 4 is 17.5 Å². The molecule has 2 heterocycles. The number of rotatable bonds is 2. The van der Waals surface area contributed by atoms with E-state index in [1.807, 2.05) is 17.0 Å². The van der Waals surface area contributed by atoms with Gasteiger partial charge in [-0.25, -0.2) is 0 Å². The summed E-state index contributed by atoms with van der Waals surface area (Å²) in [7, 11) is 0. The van der Waals surface area contributed by atoms with Crippen molar-refractivity contribution in [2.24, 2.45) is 0 Å². The van der Waals surface area contributed by atoms with Crippen molar-refractivity contribution in [1.82, 2.24) is 10.1 Å². The zero-order valence-electron chi connectivity index (χ0n) is 12.8. The van der Waals surface area contributed by atoms with Gasteiger partial charge in [-0.2, -0.15) is 0 Å². The lowest BCUT2D eigenvalue weighted by Gasteiger charge is -2.38. The average molecular weight is 319 g/mol. The number of likely N-dealkylation sites (tertiary alicyclic amines) is 1. The Morgan fingerprint density at radius 2 is 2.00 bits per heavy atom. The van der Waals surface area contributed by atoms with Crippen LogP contribution in [0.2, 0.25) is 5.02 Å². The molecule has 0 N–H and O–H groups in total. The Labute approximate surface area is 135 Å². The summed E-state index contributed by atoms with van der Waals surface area (Å²) >= 11 is 5.99. The van der Waals surface area contributed by atoms with Crippen molar-refractivity contribution in [3.05, 3.63) is 41.0 Å². The van der Waals surface area contributed by atoms with Gasteiger partial charge >= 0.3 is 0 Å². The highest BCUT2D eigenvalue weighted by atomic mass is 35.5.